The summed E-state index contributed by atoms with van der Waals surface area (Å²) in [5.41, 5.74) is -1.55. The minimum Gasteiger partial charge on any atom is -0.403 e. The summed E-state index contributed by atoms with van der Waals surface area (Å²) in [7, 11) is 0. The van der Waals surface area contributed by atoms with E-state index in [1.807, 2.05) is 0 Å². The number of carbonyl (C=O) groups is 2. The van der Waals surface area contributed by atoms with Gasteiger partial charge in [0.25, 0.3) is 11.8 Å². The van der Waals surface area contributed by atoms with Crippen LogP contribution in [0, 0.1) is 11.2 Å². The molecular formula is C23H15Cl2F4N5O3. The number of amidine groups is 1. The minimum absolute atomic E-state index is 0.000394. The van der Waals surface area contributed by atoms with Gasteiger partial charge in [-0.05, 0) is 30.3 Å². The molecule has 1 aliphatic heterocycles. The molecule has 2 amide bonds. The minimum atomic E-state index is -5.21. The van der Waals surface area contributed by atoms with Crippen LogP contribution < -0.4 is 15.4 Å². The second kappa shape index (κ2) is 10.2. The van der Waals surface area contributed by atoms with Crippen molar-refractivity contribution in [1.29, 1.82) is 5.41 Å². The lowest BCUT2D eigenvalue weighted by molar-refractivity contribution is -0.274. The number of halogens is 6. The first-order chi connectivity index (χ1) is 17.4. The van der Waals surface area contributed by atoms with Gasteiger partial charge in [0.15, 0.2) is 5.75 Å². The number of pyridine rings is 1. The number of amides is 2. The number of hydrogen-bond acceptors (Lipinski definition) is 5. The number of ether oxygens (including phenoxy) is 1. The van der Waals surface area contributed by atoms with Gasteiger partial charge < -0.3 is 20.3 Å². The molecule has 1 fully saturated rings. The Hall–Kier alpha value is -3.90. The molecule has 3 aromatic rings. The highest BCUT2D eigenvalue weighted by Crippen LogP contribution is 2.37. The van der Waals surface area contributed by atoms with Crippen LogP contribution in [-0.4, -0.2) is 47.0 Å². The number of nitrogens with one attached hydrogen (secondary N) is 3. The molecule has 0 bridgehead atoms. The van der Waals surface area contributed by atoms with Gasteiger partial charge in [0.1, 0.15) is 17.5 Å². The fraction of sp³-hybridized carbons (Fsp3) is 0.130. The lowest BCUT2D eigenvalue weighted by Crippen LogP contribution is -2.23. The van der Waals surface area contributed by atoms with E-state index >= 15 is 0 Å². The van der Waals surface area contributed by atoms with Crippen LogP contribution in [-0.2, 0) is 0 Å². The number of hydrogen-bond donors (Lipinski definition) is 3. The zero-order chi connectivity index (χ0) is 26.9. The molecule has 3 N–H and O–H groups in total. The van der Waals surface area contributed by atoms with E-state index in [1.165, 1.54) is 24.4 Å². The van der Waals surface area contributed by atoms with Gasteiger partial charge in [-0.1, -0.05) is 29.3 Å². The topological polar surface area (TPSA) is 107 Å². The molecule has 0 aliphatic carbocycles. The van der Waals surface area contributed by atoms with Gasteiger partial charge in [0, 0.05) is 35.9 Å². The monoisotopic (exact) mass is 555 g/mol. The third-order valence-corrected chi connectivity index (χ3v) is 5.44. The zero-order valence-electron chi connectivity index (χ0n) is 18.4. The Morgan fingerprint density at radius 1 is 0.973 bits per heavy atom. The first kappa shape index (κ1) is 26.2. The normalized spacial score (nSPS) is 12.6. The van der Waals surface area contributed by atoms with Crippen molar-refractivity contribution in [1.82, 2.24) is 9.88 Å². The number of rotatable bonds is 6. The molecule has 0 radical (unpaired) electrons. The van der Waals surface area contributed by atoms with Crippen molar-refractivity contribution in [2.24, 2.45) is 0 Å². The van der Waals surface area contributed by atoms with Gasteiger partial charge in [-0.25, -0.2) is 9.37 Å². The maximum atomic E-state index is 14.8. The van der Waals surface area contributed by atoms with Crippen LogP contribution in [0.4, 0.5) is 29.1 Å². The Morgan fingerprint density at radius 3 is 2.27 bits per heavy atom. The summed E-state index contributed by atoms with van der Waals surface area (Å²) < 4.78 is 58.0. The van der Waals surface area contributed by atoms with Crippen LogP contribution in [0.15, 0.2) is 48.7 Å². The molecule has 0 atom stereocenters. The van der Waals surface area contributed by atoms with Gasteiger partial charge in [-0.3, -0.25) is 15.0 Å². The zero-order valence-corrected chi connectivity index (χ0v) is 19.9. The molecule has 0 saturated carbocycles. The summed E-state index contributed by atoms with van der Waals surface area (Å²) in [6.07, 6.45) is -3.98. The number of aromatic nitrogens is 1. The molecule has 14 heteroatoms. The van der Waals surface area contributed by atoms with Crippen molar-refractivity contribution in [3.63, 3.8) is 0 Å². The van der Waals surface area contributed by atoms with Crippen LogP contribution in [0.2, 0.25) is 10.0 Å². The number of alkyl halides is 3. The van der Waals surface area contributed by atoms with Crippen LogP contribution in [0.5, 0.6) is 5.75 Å². The first-order valence-electron chi connectivity index (χ1n) is 10.4. The lowest BCUT2D eigenvalue weighted by atomic mass is 10.1. The fourth-order valence-electron chi connectivity index (χ4n) is 3.21. The number of anilines is 2. The van der Waals surface area contributed by atoms with E-state index in [9.17, 15) is 27.2 Å². The predicted octanol–water partition coefficient (Wildman–Crippen LogP) is 5.57. The Kier molecular flexibility index (Phi) is 7.23. The molecule has 1 saturated heterocycles. The second-order valence-corrected chi connectivity index (χ2v) is 8.55. The second-order valence-electron chi connectivity index (χ2n) is 7.67. The van der Waals surface area contributed by atoms with Gasteiger partial charge in [-0.2, -0.15) is 0 Å². The molecule has 192 valence electrons. The number of carbonyl (C=O) groups excluding carboxylic acids is 2. The van der Waals surface area contributed by atoms with Gasteiger partial charge >= 0.3 is 6.36 Å². The maximum absolute atomic E-state index is 14.8. The smallest absolute Gasteiger partial charge is 0.403 e. The summed E-state index contributed by atoms with van der Waals surface area (Å²) >= 11 is 11.7. The molecule has 0 spiro atoms. The van der Waals surface area contributed by atoms with E-state index in [1.54, 1.807) is 4.90 Å². The molecule has 1 aromatic heterocycles. The molecule has 2 aromatic carbocycles. The van der Waals surface area contributed by atoms with Crippen molar-refractivity contribution in [2.75, 3.05) is 23.7 Å². The van der Waals surface area contributed by atoms with E-state index < -0.39 is 46.6 Å². The predicted molar refractivity (Wildman–Crippen MR) is 128 cm³/mol. The molecule has 2 heterocycles. The molecule has 4 rings (SSSR count). The highest BCUT2D eigenvalue weighted by Gasteiger charge is 2.34. The Balaban J connectivity index is 1.69. The number of nitrogens with zero attached hydrogens (tertiary/aromatic N) is 2. The standard InChI is InChI=1S/C23H15Cl2F4N5O3/c24-12-2-4-18(31-10-12)32-22(36)15-8-13(25)9-17(37-23(27,28)29)19(15)33-21(35)14-3-1-11(7-16(14)26)20(30)34-5-6-34/h1-4,7-10,30H,5-6H2,(H,33,35)(H,31,32,36). The summed E-state index contributed by atoms with van der Waals surface area (Å²) in [5.74, 6) is -4.12. The molecule has 37 heavy (non-hydrogen) atoms. The molecular weight excluding hydrogens is 541 g/mol. The lowest BCUT2D eigenvalue weighted by Gasteiger charge is -2.18. The van der Waals surface area contributed by atoms with Crippen molar-refractivity contribution in [2.45, 2.75) is 6.36 Å². The van der Waals surface area contributed by atoms with Crippen LogP contribution in [0.1, 0.15) is 26.3 Å². The Labute approximate surface area is 216 Å². The maximum Gasteiger partial charge on any atom is 0.573 e. The number of benzene rings is 2. The molecule has 1 aliphatic rings. The van der Waals surface area contributed by atoms with E-state index in [0.717, 1.165) is 24.3 Å². The third kappa shape index (κ3) is 6.46. The Bertz CT molecular complexity index is 1400. The van der Waals surface area contributed by atoms with Gasteiger partial charge in [0.2, 0.25) is 0 Å². The largest absolute Gasteiger partial charge is 0.573 e. The van der Waals surface area contributed by atoms with Crippen molar-refractivity contribution in [3.8, 4) is 5.75 Å². The summed E-state index contributed by atoms with van der Waals surface area (Å²) in [4.78, 5) is 31.4. The van der Waals surface area contributed by atoms with Crippen LogP contribution in [0.3, 0.4) is 0 Å². The average Bonchev–Trinajstić information content (AvgIpc) is 3.66. The third-order valence-electron chi connectivity index (χ3n) is 5.00. The summed E-state index contributed by atoms with van der Waals surface area (Å²) in [6, 6.07) is 7.86. The van der Waals surface area contributed by atoms with Crippen molar-refractivity contribution in [3.05, 3.63) is 81.2 Å². The Morgan fingerprint density at radius 2 is 1.68 bits per heavy atom. The van der Waals surface area contributed by atoms with E-state index in [2.05, 4.69) is 20.4 Å². The highest BCUT2D eigenvalue weighted by molar-refractivity contribution is 6.32. The van der Waals surface area contributed by atoms with E-state index in [4.69, 9.17) is 28.6 Å². The molecule has 8 nitrogen and oxygen atoms in total. The fourth-order valence-corrected chi connectivity index (χ4v) is 3.53. The van der Waals surface area contributed by atoms with E-state index in [-0.39, 0.29) is 27.3 Å². The molecule has 0 unspecified atom stereocenters. The van der Waals surface area contributed by atoms with E-state index in [0.29, 0.717) is 13.1 Å². The summed E-state index contributed by atoms with van der Waals surface area (Å²) in [5, 5.41) is 12.4. The average molecular weight is 556 g/mol. The quantitative estimate of drug-likeness (QED) is 0.159. The van der Waals surface area contributed by atoms with Crippen molar-refractivity contribution >= 4 is 52.4 Å². The first-order valence-corrected chi connectivity index (χ1v) is 11.1. The SMILES string of the molecule is N=C(c1ccc(C(=O)Nc2c(OC(F)(F)F)cc(Cl)cc2C(=O)Nc2ccc(Cl)cn2)c(F)c1)N1CC1. The highest BCUT2D eigenvalue weighted by atomic mass is 35.5. The van der Waals surface area contributed by atoms with Crippen molar-refractivity contribution < 1.29 is 31.9 Å². The van der Waals surface area contributed by atoms with Crippen LogP contribution in [0.25, 0.3) is 0 Å². The van der Waals surface area contributed by atoms with Gasteiger partial charge in [0.05, 0.1) is 21.8 Å². The van der Waals surface area contributed by atoms with Crippen LogP contribution >= 0.6 is 23.2 Å². The summed E-state index contributed by atoms with van der Waals surface area (Å²) in [6.45, 7) is 1.30. The van der Waals surface area contributed by atoms with Gasteiger partial charge in [-0.15, -0.1) is 13.2 Å².